The molecule has 0 radical (unpaired) electrons. The van der Waals surface area contributed by atoms with Crippen molar-refractivity contribution < 1.29 is 14.6 Å². The Morgan fingerprint density at radius 3 is 2.29 bits per heavy atom. The van der Waals surface area contributed by atoms with Crippen LogP contribution < -0.4 is 0 Å². The second-order valence-electron chi connectivity index (χ2n) is 6.49. The molecule has 0 fully saturated rings. The maximum atomic E-state index is 11.9. The summed E-state index contributed by atoms with van der Waals surface area (Å²) < 4.78 is 5.31. The maximum absolute atomic E-state index is 11.9. The number of unbranched alkanes of at least 4 members (excludes halogenated alkanes) is 3. The molecule has 1 rings (SSSR count). The van der Waals surface area contributed by atoms with E-state index in [1.165, 1.54) is 12.8 Å². The Morgan fingerprint density at radius 1 is 1.14 bits per heavy atom. The first-order valence-electron chi connectivity index (χ1n) is 7.85. The molecule has 1 N–H and O–H groups in total. The molecule has 1 atom stereocenters. The van der Waals surface area contributed by atoms with Crippen molar-refractivity contribution in [2.24, 2.45) is 0 Å². The van der Waals surface area contributed by atoms with Crippen molar-refractivity contribution in [3.8, 4) is 0 Å². The Labute approximate surface area is 128 Å². The van der Waals surface area contributed by atoms with Crippen LogP contribution in [0.4, 0.5) is 0 Å². The lowest BCUT2D eigenvalue weighted by Crippen LogP contribution is -2.23. The summed E-state index contributed by atoms with van der Waals surface area (Å²) in [6.45, 7) is 7.71. The van der Waals surface area contributed by atoms with Gasteiger partial charge in [-0.2, -0.15) is 0 Å². The lowest BCUT2D eigenvalue weighted by molar-refractivity contribution is 0.00693. The smallest absolute Gasteiger partial charge is 0.338 e. The molecule has 21 heavy (non-hydrogen) atoms. The highest BCUT2D eigenvalue weighted by Gasteiger charge is 2.18. The summed E-state index contributed by atoms with van der Waals surface area (Å²) in [5, 5.41) is 10.1. The zero-order chi connectivity index (χ0) is 15.9. The van der Waals surface area contributed by atoms with Crippen LogP contribution in [-0.2, 0) is 4.74 Å². The van der Waals surface area contributed by atoms with Crippen LogP contribution in [0, 0.1) is 0 Å². The van der Waals surface area contributed by atoms with Crippen LogP contribution >= 0.6 is 0 Å². The number of benzene rings is 1. The molecule has 0 bridgehead atoms. The van der Waals surface area contributed by atoms with E-state index in [2.05, 4.69) is 6.92 Å². The molecule has 3 nitrogen and oxygen atoms in total. The van der Waals surface area contributed by atoms with Crippen molar-refractivity contribution in [3.05, 3.63) is 35.4 Å². The van der Waals surface area contributed by atoms with Crippen LogP contribution in [0.5, 0.6) is 0 Å². The summed E-state index contributed by atoms with van der Waals surface area (Å²) in [5.41, 5.74) is 0.889. The first-order chi connectivity index (χ1) is 9.83. The molecular weight excluding hydrogens is 264 g/mol. The summed E-state index contributed by atoms with van der Waals surface area (Å²) in [5.74, 6) is -0.327. The molecule has 118 valence electrons. The van der Waals surface area contributed by atoms with E-state index in [0.29, 0.717) is 5.56 Å². The second kappa shape index (κ2) is 8.18. The number of hydrogen-bond donors (Lipinski definition) is 1. The van der Waals surface area contributed by atoms with Crippen LogP contribution in [0.2, 0.25) is 0 Å². The van der Waals surface area contributed by atoms with Gasteiger partial charge in [0.25, 0.3) is 0 Å². The van der Waals surface area contributed by atoms with Crippen molar-refractivity contribution in [2.75, 3.05) is 0 Å². The number of aliphatic hydroxyl groups is 1. The molecule has 0 aromatic heterocycles. The van der Waals surface area contributed by atoms with Gasteiger partial charge in [-0.05, 0) is 44.9 Å². The molecule has 0 aliphatic rings. The van der Waals surface area contributed by atoms with E-state index in [4.69, 9.17) is 4.74 Å². The van der Waals surface area contributed by atoms with Gasteiger partial charge < -0.3 is 9.84 Å². The normalized spacial score (nSPS) is 13.0. The van der Waals surface area contributed by atoms with Crippen molar-refractivity contribution in [2.45, 2.75) is 71.5 Å². The minimum atomic E-state index is -0.492. The number of aliphatic hydroxyl groups excluding tert-OH is 1. The fraction of sp³-hybridized carbons (Fsp3) is 0.611. The van der Waals surface area contributed by atoms with Crippen LogP contribution in [0.1, 0.15) is 81.8 Å². The largest absolute Gasteiger partial charge is 0.456 e. The number of esters is 1. The van der Waals surface area contributed by atoms with Gasteiger partial charge >= 0.3 is 5.97 Å². The fourth-order valence-corrected chi connectivity index (χ4v) is 2.11. The molecule has 0 aliphatic carbocycles. The van der Waals surface area contributed by atoms with E-state index < -0.39 is 11.7 Å². The first kappa shape index (κ1) is 17.7. The van der Waals surface area contributed by atoms with E-state index >= 15 is 0 Å². The van der Waals surface area contributed by atoms with E-state index in [1.807, 2.05) is 32.9 Å². The lowest BCUT2D eigenvalue weighted by atomic mass is 10.0. The monoisotopic (exact) mass is 292 g/mol. The summed E-state index contributed by atoms with van der Waals surface area (Å²) in [4.78, 5) is 11.9. The van der Waals surface area contributed by atoms with E-state index in [9.17, 15) is 9.90 Å². The van der Waals surface area contributed by atoms with E-state index in [1.54, 1.807) is 12.1 Å². The summed E-state index contributed by atoms with van der Waals surface area (Å²) in [6, 6.07) is 7.06. The van der Waals surface area contributed by atoms with Gasteiger partial charge in [0, 0.05) is 0 Å². The Hall–Kier alpha value is -1.35. The van der Waals surface area contributed by atoms with Gasteiger partial charge in [0.05, 0.1) is 11.7 Å². The topological polar surface area (TPSA) is 46.5 Å². The van der Waals surface area contributed by atoms with Gasteiger partial charge in [-0.25, -0.2) is 4.79 Å². The van der Waals surface area contributed by atoms with Gasteiger partial charge in [0.2, 0.25) is 0 Å². The molecule has 0 heterocycles. The Kier molecular flexibility index (Phi) is 6.90. The highest BCUT2D eigenvalue weighted by molar-refractivity contribution is 5.89. The van der Waals surface area contributed by atoms with E-state index in [-0.39, 0.29) is 5.97 Å². The first-order valence-corrected chi connectivity index (χ1v) is 7.85. The number of carbonyl (C=O) groups excluding carboxylic acids is 1. The Bertz CT molecular complexity index is 429. The van der Waals surface area contributed by atoms with Crippen LogP contribution in [0.25, 0.3) is 0 Å². The lowest BCUT2D eigenvalue weighted by Gasteiger charge is -2.19. The molecule has 0 saturated carbocycles. The van der Waals surface area contributed by atoms with Crippen LogP contribution in [0.3, 0.4) is 0 Å². The number of ether oxygens (including phenoxy) is 1. The average molecular weight is 292 g/mol. The van der Waals surface area contributed by atoms with Gasteiger partial charge in [-0.15, -0.1) is 0 Å². The number of carbonyl (C=O) groups is 1. The molecule has 1 aromatic carbocycles. The molecule has 0 spiro atoms. The van der Waals surface area contributed by atoms with Crippen molar-refractivity contribution >= 4 is 5.97 Å². The minimum Gasteiger partial charge on any atom is -0.456 e. The highest BCUT2D eigenvalue weighted by atomic mass is 16.6. The van der Waals surface area contributed by atoms with Crippen molar-refractivity contribution in [1.29, 1.82) is 0 Å². The van der Waals surface area contributed by atoms with Gasteiger partial charge in [0.15, 0.2) is 0 Å². The Morgan fingerprint density at radius 2 is 1.76 bits per heavy atom. The molecule has 0 aliphatic heterocycles. The SMILES string of the molecule is CCCCCCC(O)c1ccc(C(=O)OC(C)(C)C)cc1. The summed E-state index contributed by atoms with van der Waals surface area (Å²) >= 11 is 0. The molecule has 1 unspecified atom stereocenters. The maximum Gasteiger partial charge on any atom is 0.338 e. The van der Waals surface area contributed by atoms with Crippen molar-refractivity contribution in [1.82, 2.24) is 0 Å². The van der Waals surface area contributed by atoms with Crippen molar-refractivity contribution in [3.63, 3.8) is 0 Å². The third-order valence-electron chi connectivity index (χ3n) is 3.26. The fourth-order valence-electron chi connectivity index (χ4n) is 2.11. The third-order valence-corrected chi connectivity index (χ3v) is 3.26. The van der Waals surface area contributed by atoms with Gasteiger partial charge in [-0.3, -0.25) is 0 Å². The predicted octanol–water partition coefficient (Wildman–Crippen LogP) is 4.65. The molecule has 0 saturated heterocycles. The van der Waals surface area contributed by atoms with Crippen LogP contribution in [0.15, 0.2) is 24.3 Å². The zero-order valence-corrected chi connectivity index (χ0v) is 13.7. The quantitative estimate of drug-likeness (QED) is 0.588. The van der Waals surface area contributed by atoms with E-state index in [0.717, 1.165) is 24.8 Å². The number of rotatable bonds is 7. The summed E-state index contributed by atoms with van der Waals surface area (Å²) in [7, 11) is 0. The Balaban J connectivity index is 2.55. The standard InChI is InChI=1S/C18H28O3/c1-5-6-7-8-9-16(19)14-10-12-15(13-11-14)17(20)21-18(2,3)4/h10-13,16,19H,5-9H2,1-4H3. The highest BCUT2D eigenvalue weighted by Crippen LogP contribution is 2.21. The predicted molar refractivity (Wildman–Crippen MR) is 85.3 cm³/mol. The van der Waals surface area contributed by atoms with Gasteiger partial charge in [-0.1, -0.05) is 44.7 Å². The molecule has 3 heteroatoms. The number of hydrogen-bond acceptors (Lipinski definition) is 3. The molecular formula is C18H28O3. The van der Waals surface area contributed by atoms with Crippen LogP contribution in [-0.4, -0.2) is 16.7 Å². The third kappa shape index (κ3) is 6.76. The summed E-state index contributed by atoms with van der Waals surface area (Å²) in [6.07, 6.45) is 4.91. The zero-order valence-electron chi connectivity index (χ0n) is 13.7. The average Bonchev–Trinajstić information content (AvgIpc) is 2.41. The minimum absolute atomic E-state index is 0.327. The molecule has 1 aromatic rings. The molecule has 0 amide bonds. The second-order valence-corrected chi connectivity index (χ2v) is 6.49. The van der Waals surface area contributed by atoms with Gasteiger partial charge in [0.1, 0.15) is 5.60 Å².